The van der Waals surface area contributed by atoms with Crippen molar-refractivity contribution >= 4 is 5.91 Å². The summed E-state index contributed by atoms with van der Waals surface area (Å²) in [6.07, 6.45) is 8.85. The Bertz CT molecular complexity index is 760. The molecule has 1 amide bonds. The normalized spacial score (nSPS) is 25.2. The molecular weight excluding hydrogens is 352 g/mol. The molecule has 2 fully saturated rings. The fourth-order valence-electron chi connectivity index (χ4n) is 5.27. The van der Waals surface area contributed by atoms with Crippen molar-refractivity contribution < 1.29 is 14.3 Å². The van der Waals surface area contributed by atoms with Gasteiger partial charge in [-0.3, -0.25) is 9.69 Å². The first-order valence-corrected chi connectivity index (χ1v) is 10.5. The summed E-state index contributed by atoms with van der Waals surface area (Å²) in [7, 11) is 3.39. The predicted octanol–water partition coefficient (Wildman–Crippen LogP) is 3.63. The molecule has 0 radical (unpaired) electrons. The molecule has 2 saturated heterocycles. The van der Waals surface area contributed by atoms with Gasteiger partial charge in [0, 0.05) is 42.7 Å². The summed E-state index contributed by atoms with van der Waals surface area (Å²) >= 11 is 0. The Hall–Kier alpha value is -2.01. The molecule has 28 heavy (non-hydrogen) atoms. The maximum absolute atomic E-state index is 12.8. The average molecular weight is 385 g/mol. The van der Waals surface area contributed by atoms with Crippen molar-refractivity contribution in [3.8, 4) is 11.5 Å². The summed E-state index contributed by atoms with van der Waals surface area (Å²) in [6, 6.07) is 6.10. The topological polar surface area (TPSA) is 42.0 Å². The molecular formula is C23H32N2O3. The predicted molar refractivity (Wildman–Crippen MR) is 110 cm³/mol. The molecule has 1 spiro atoms. The molecule has 1 aliphatic carbocycles. The number of hydrogen-bond donors (Lipinski definition) is 0. The summed E-state index contributed by atoms with van der Waals surface area (Å²) in [5.41, 5.74) is 2.46. The van der Waals surface area contributed by atoms with Gasteiger partial charge in [0.1, 0.15) is 0 Å². The summed E-state index contributed by atoms with van der Waals surface area (Å²) in [5, 5.41) is 0. The number of rotatable bonds is 5. The number of amides is 1. The lowest BCUT2D eigenvalue weighted by molar-refractivity contribution is -0.126. The zero-order valence-electron chi connectivity index (χ0n) is 17.2. The van der Waals surface area contributed by atoms with Crippen LogP contribution in [0.1, 0.15) is 44.1 Å². The Labute approximate surface area is 168 Å². The highest BCUT2D eigenvalue weighted by Crippen LogP contribution is 2.41. The summed E-state index contributed by atoms with van der Waals surface area (Å²) in [5.74, 6) is 1.91. The second-order valence-electron chi connectivity index (χ2n) is 8.57. The smallest absolute Gasteiger partial charge is 0.249 e. The summed E-state index contributed by atoms with van der Waals surface area (Å²) in [4.78, 5) is 17.5. The van der Waals surface area contributed by atoms with Crippen LogP contribution in [0.15, 0.2) is 29.8 Å². The minimum absolute atomic E-state index is 0.249. The van der Waals surface area contributed by atoms with E-state index in [1.807, 2.05) is 12.1 Å². The van der Waals surface area contributed by atoms with Crippen molar-refractivity contribution in [2.75, 3.05) is 40.4 Å². The lowest BCUT2D eigenvalue weighted by atomic mass is 9.79. The molecule has 1 atom stereocenters. The van der Waals surface area contributed by atoms with Crippen LogP contribution in [0.5, 0.6) is 11.5 Å². The van der Waals surface area contributed by atoms with Crippen LogP contribution in [-0.4, -0.2) is 56.1 Å². The molecule has 0 bridgehead atoms. The van der Waals surface area contributed by atoms with Gasteiger partial charge in [0.15, 0.2) is 11.5 Å². The Morgan fingerprint density at radius 1 is 1.11 bits per heavy atom. The van der Waals surface area contributed by atoms with Crippen LogP contribution in [0.25, 0.3) is 0 Å². The Balaban J connectivity index is 1.43. The lowest BCUT2D eigenvalue weighted by Gasteiger charge is -2.40. The second-order valence-corrected chi connectivity index (χ2v) is 8.57. The number of ether oxygens (including phenoxy) is 2. The molecule has 0 N–H and O–H groups in total. The SMILES string of the molecule is COc1cccc(CN2CCC[C@]3(CCN(C(=O)C4=CCCC4)C3)C2)c1OC. The third kappa shape index (κ3) is 3.77. The zero-order chi connectivity index (χ0) is 19.6. The van der Waals surface area contributed by atoms with Gasteiger partial charge in [0.05, 0.1) is 14.2 Å². The number of benzene rings is 1. The third-order valence-corrected chi connectivity index (χ3v) is 6.66. The van der Waals surface area contributed by atoms with Gasteiger partial charge >= 0.3 is 0 Å². The van der Waals surface area contributed by atoms with E-state index in [9.17, 15) is 4.79 Å². The van der Waals surface area contributed by atoms with Crippen molar-refractivity contribution in [3.05, 3.63) is 35.4 Å². The number of para-hydroxylation sites is 1. The molecule has 2 aliphatic heterocycles. The molecule has 1 aromatic carbocycles. The molecule has 3 aliphatic rings. The lowest BCUT2D eigenvalue weighted by Crippen LogP contribution is -2.45. The third-order valence-electron chi connectivity index (χ3n) is 6.66. The van der Waals surface area contributed by atoms with Gasteiger partial charge in [-0.25, -0.2) is 0 Å². The second kappa shape index (κ2) is 8.16. The summed E-state index contributed by atoms with van der Waals surface area (Å²) in [6.45, 7) is 4.83. The average Bonchev–Trinajstić information content (AvgIpc) is 3.38. The van der Waals surface area contributed by atoms with Gasteiger partial charge in [-0.2, -0.15) is 0 Å². The summed E-state index contributed by atoms with van der Waals surface area (Å²) < 4.78 is 11.1. The minimum atomic E-state index is 0.249. The van der Waals surface area contributed by atoms with Gasteiger partial charge < -0.3 is 14.4 Å². The first-order chi connectivity index (χ1) is 13.6. The van der Waals surface area contributed by atoms with Crippen molar-refractivity contribution in [1.82, 2.24) is 9.80 Å². The first kappa shape index (κ1) is 19.3. The molecule has 5 nitrogen and oxygen atoms in total. The highest BCUT2D eigenvalue weighted by atomic mass is 16.5. The van der Waals surface area contributed by atoms with Crippen LogP contribution in [-0.2, 0) is 11.3 Å². The number of piperidine rings is 1. The number of carbonyl (C=O) groups excluding carboxylic acids is 1. The number of allylic oxidation sites excluding steroid dienone is 1. The van der Waals surface area contributed by atoms with Crippen LogP contribution < -0.4 is 9.47 Å². The quantitative estimate of drug-likeness (QED) is 0.777. The van der Waals surface area contributed by atoms with Crippen LogP contribution in [0.4, 0.5) is 0 Å². The fraction of sp³-hybridized carbons (Fsp3) is 0.609. The number of carbonyl (C=O) groups is 1. The zero-order valence-corrected chi connectivity index (χ0v) is 17.2. The first-order valence-electron chi connectivity index (χ1n) is 10.5. The molecule has 0 saturated carbocycles. The van der Waals surface area contributed by atoms with Gasteiger partial charge in [-0.15, -0.1) is 0 Å². The number of likely N-dealkylation sites (tertiary alicyclic amines) is 2. The van der Waals surface area contributed by atoms with Crippen molar-refractivity contribution in [3.63, 3.8) is 0 Å². The highest BCUT2D eigenvalue weighted by molar-refractivity contribution is 5.94. The number of nitrogens with zero attached hydrogens (tertiary/aromatic N) is 2. The van der Waals surface area contributed by atoms with Crippen LogP contribution in [0, 0.1) is 5.41 Å². The number of hydrogen-bond acceptors (Lipinski definition) is 4. The standard InChI is InChI=1S/C23H32N2O3/c1-27-20-10-5-9-19(21(20)28-2)15-24-13-6-11-23(16-24)12-14-25(17-23)22(26)18-7-3-4-8-18/h5,7,9-10H,3-4,6,8,11-17H2,1-2H3/t23-/m0/s1. The van der Waals surface area contributed by atoms with Gasteiger partial charge in [-0.1, -0.05) is 18.2 Å². The van der Waals surface area contributed by atoms with E-state index in [-0.39, 0.29) is 5.41 Å². The van der Waals surface area contributed by atoms with Crippen LogP contribution in [0.2, 0.25) is 0 Å². The maximum atomic E-state index is 12.8. The molecule has 2 heterocycles. The Morgan fingerprint density at radius 3 is 2.75 bits per heavy atom. The van der Waals surface area contributed by atoms with Crippen molar-refractivity contribution in [2.45, 2.75) is 45.1 Å². The highest BCUT2D eigenvalue weighted by Gasteiger charge is 2.43. The van der Waals surface area contributed by atoms with E-state index in [1.165, 1.54) is 18.4 Å². The van der Waals surface area contributed by atoms with E-state index in [2.05, 4.69) is 21.9 Å². The van der Waals surface area contributed by atoms with E-state index in [0.29, 0.717) is 5.91 Å². The molecule has 4 rings (SSSR count). The molecule has 152 valence electrons. The molecule has 5 heteroatoms. The van der Waals surface area contributed by atoms with Crippen LogP contribution in [0.3, 0.4) is 0 Å². The fourth-order valence-corrected chi connectivity index (χ4v) is 5.27. The van der Waals surface area contributed by atoms with Crippen molar-refractivity contribution in [2.24, 2.45) is 5.41 Å². The monoisotopic (exact) mass is 384 g/mol. The molecule has 1 aromatic rings. The molecule has 0 unspecified atom stereocenters. The van der Waals surface area contributed by atoms with E-state index >= 15 is 0 Å². The molecule has 0 aromatic heterocycles. The van der Waals surface area contributed by atoms with Gasteiger partial charge in [-0.05, 0) is 51.1 Å². The van der Waals surface area contributed by atoms with E-state index in [1.54, 1.807) is 14.2 Å². The Morgan fingerprint density at radius 2 is 2.00 bits per heavy atom. The van der Waals surface area contributed by atoms with Gasteiger partial charge in [0.25, 0.3) is 0 Å². The maximum Gasteiger partial charge on any atom is 0.249 e. The number of methoxy groups -OCH3 is 2. The largest absolute Gasteiger partial charge is 0.493 e. The van der Waals surface area contributed by atoms with Crippen LogP contribution >= 0.6 is 0 Å². The minimum Gasteiger partial charge on any atom is -0.493 e. The van der Waals surface area contributed by atoms with Crippen molar-refractivity contribution in [1.29, 1.82) is 0 Å². The Kier molecular flexibility index (Phi) is 5.63. The van der Waals surface area contributed by atoms with E-state index in [0.717, 1.165) is 75.5 Å². The van der Waals surface area contributed by atoms with E-state index in [4.69, 9.17) is 9.47 Å². The van der Waals surface area contributed by atoms with Gasteiger partial charge in [0.2, 0.25) is 5.91 Å². The van der Waals surface area contributed by atoms with E-state index < -0.39 is 0 Å².